The molecule has 32 heavy (non-hydrogen) atoms. The van der Waals surface area contributed by atoms with Gasteiger partial charge in [-0.3, -0.25) is 4.79 Å². The average Bonchev–Trinajstić information content (AvgIpc) is 3.20. The van der Waals surface area contributed by atoms with E-state index >= 15 is 0 Å². The number of sulfonamides is 1. The topological polar surface area (TPSA) is 81.8 Å². The van der Waals surface area contributed by atoms with Gasteiger partial charge in [-0.05, 0) is 68.1 Å². The molecule has 0 aromatic heterocycles. The van der Waals surface area contributed by atoms with Crippen LogP contribution in [0.4, 0.5) is 17.1 Å². The number of amides is 1. The summed E-state index contributed by atoms with van der Waals surface area (Å²) in [6.07, 6.45) is 6.40. The number of anilines is 3. The Morgan fingerprint density at radius 1 is 0.812 bits per heavy atom. The number of rotatable bonds is 7. The molecule has 0 spiro atoms. The normalized spacial score (nSPS) is 17.7. The van der Waals surface area contributed by atoms with E-state index in [-0.39, 0.29) is 17.3 Å². The fraction of sp³-hybridized carbons (Fsp3) is 0.458. The third-order valence-electron chi connectivity index (χ3n) is 6.11. The maximum absolute atomic E-state index is 13.0. The number of hydrogen-bond donors (Lipinski definition) is 2. The van der Waals surface area contributed by atoms with Crippen molar-refractivity contribution in [3.63, 3.8) is 0 Å². The Kier molecular flexibility index (Phi) is 7.32. The van der Waals surface area contributed by atoms with Crippen molar-refractivity contribution in [3.8, 4) is 0 Å². The first-order chi connectivity index (χ1) is 15.5. The van der Waals surface area contributed by atoms with Crippen LogP contribution in [0.3, 0.4) is 0 Å². The van der Waals surface area contributed by atoms with Crippen molar-refractivity contribution in [1.82, 2.24) is 4.31 Å². The third-order valence-corrected chi connectivity index (χ3v) is 8.01. The molecule has 8 heteroatoms. The fourth-order valence-electron chi connectivity index (χ4n) is 4.32. The average molecular weight is 457 g/mol. The molecule has 172 valence electrons. The van der Waals surface area contributed by atoms with Crippen molar-refractivity contribution in [2.24, 2.45) is 0 Å². The molecule has 1 amide bonds. The van der Waals surface area contributed by atoms with Crippen LogP contribution in [0.5, 0.6) is 0 Å². The van der Waals surface area contributed by atoms with Crippen molar-refractivity contribution in [2.45, 2.75) is 43.4 Å². The minimum absolute atomic E-state index is 0.0566. The van der Waals surface area contributed by atoms with E-state index in [1.165, 1.54) is 18.5 Å². The van der Waals surface area contributed by atoms with Crippen LogP contribution >= 0.6 is 0 Å². The van der Waals surface area contributed by atoms with Gasteiger partial charge in [0, 0.05) is 43.2 Å². The molecule has 4 rings (SSSR count). The van der Waals surface area contributed by atoms with E-state index in [1.54, 1.807) is 28.6 Å². The summed E-state index contributed by atoms with van der Waals surface area (Å²) >= 11 is 0. The first kappa shape index (κ1) is 22.6. The second-order valence-electron chi connectivity index (χ2n) is 8.49. The molecule has 0 saturated carbocycles. The van der Waals surface area contributed by atoms with E-state index in [9.17, 15) is 13.2 Å². The molecule has 0 radical (unpaired) electrons. The zero-order valence-electron chi connectivity index (χ0n) is 18.4. The highest BCUT2D eigenvalue weighted by molar-refractivity contribution is 7.89. The van der Waals surface area contributed by atoms with Gasteiger partial charge in [-0.15, -0.1) is 0 Å². The molecule has 0 bridgehead atoms. The molecule has 0 unspecified atom stereocenters. The van der Waals surface area contributed by atoms with Crippen molar-refractivity contribution in [3.05, 3.63) is 48.5 Å². The predicted octanol–water partition coefficient (Wildman–Crippen LogP) is 3.90. The summed E-state index contributed by atoms with van der Waals surface area (Å²) in [4.78, 5) is 15.0. The number of nitrogens with zero attached hydrogens (tertiary/aromatic N) is 2. The van der Waals surface area contributed by atoms with Crippen LogP contribution in [0.2, 0.25) is 0 Å². The lowest BCUT2D eigenvalue weighted by Gasteiger charge is -2.20. The number of carbonyl (C=O) groups excluding carboxylic acids is 1. The molecule has 0 atom stereocenters. The van der Waals surface area contributed by atoms with Gasteiger partial charge in [-0.25, -0.2) is 8.42 Å². The van der Waals surface area contributed by atoms with E-state index < -0.39 is 10.0 Å². The molecule has 7 nitrogen and oxygen atoms in total. The Morgan fingerprint density at radius 3 is 2.16 bits per heavy atom. The molecule has 2 saturated heterocycles. The molecule has 2 aromatic rings. The zero-order chi connectivity index (χ0) is 22.4. The molecule has 0 aliphatic carbocycles. The monoisotopic (exact) mass is 456 g/mol. The number of nitrogens with one attached hydrogen (secondary N) is 2. The van der Waals surface area contributed by atoms with E-state index in [4.69, 9.17) is 0 Å². The number of benzene rings is 2. The van der Waals surface area contributed by atoms with Gasteiger partial charge in [0.05, 0.1) is 11.4 Å². The van der Waals surface area contributed by atoms with Crippen LogP contribution < -0.4 is 15.5 Å². The minimum Gasteiger partial charge on any atom is -0.376 e. The van der Waals surface area contributed by atoms with Gasteiger partial charge in [-0.2, -0.15) is 4.31 Å². The highest BCUT2D eigenvalue weighted by Gasteiger charge is 2.25. The predicted molar refractivity (Wildman–Crippen MR) is 129 cm³/mol. The van der Waals surface area contributed by atoms with Gasteiger partial charge in [0.1, 0.15) is 0 Å². The van der Waals surface area contributed by atoms with E-state index in [0.717, 1.165) is 44.5 Å². The first-order valence-electron chi connectivity index (χ1n) is 11.5. The Morgan fingerprint density at radius 2 is 1.47 bits per heavy atom. The fourth-order valence-corrected chi connectivity index (χ4v) is 5.88. The maximum atomic E-state index is 13.0. The largest absolute Gasteiger partial charge is 0.376 e. The van der Waals surface area contributed by atoms with Crippen LogP contribution in [0.1, 0.15) is 38.5 Å². The molecule has 2 aliphatic rings. The van der Waals surface area contributed by atoms with E-state index in [0.29, 0.717) is 18.8 Å². The summed E-state index contributed by atoms with van der Waals surface area (Å²) in [5.41, 5.74) is 2.54. The third kappa shape index (κ3) is 5.61. The highest BCUT2D eigenvalue weighted by atomic mass is 32.2. The Bertz CT molecular complexity index is 1010. The Hall–Kier alpha value is -2.58. The van der Waals surface area contributed by atoms with E-state index in [1.807, 2.05) is 24.3 Å². The van der Waals surface area contributed by atoms with Gasteiger partial charge in [-0.1, -0.05) is 18.9 Å². The maximum Gasteiger partial charge on any atom is 0.243 e. The van der Waals surface area contributed by atoms with Crippen molar-refractivity contribution in [2.75, 3.05) is 48.3 Å². The van der Waals surface area contributed by atoms with Crippen molar-refractivity contribution in [1.29, 1.82) is 0 Å². The lowest BCUT2D eigenvalue weighted by Crippen LogP contribution is -2.32. The smallest absolute Gasteiger partial charge is 0.243 e. The molecular weight excluding hydrogens is 424 g/mol. The van der Waals surface area contributed by atoms with Gasteiger partial charge >= 0.3 is 0 Å². The minimum atomic E-state index is -3.52. The van der Waals surface area contributed by atoms with Gasteiger partial charge in [0.2, 0.25) is 15.9 Å². The SMILES string of the molecule is O=C(CNc1cccc(S(=O)(=O)N2CCCCCC2)c1)Nc1ccc(N2CCCC2)cc1. The van der Waals surface area contributed by atoms with Crippen LogP contribution in [0.25, 0.3) is 0 Å². The first-order valence-corrected chi connectivity index (χ1v) is 13.0. The van der Waals surface area contributed by atoms with Crippen molar-refractivity contribution < 1.29 is 13.2 Å². The summed E-state index contributed by atoms with van der Waals surface area (Å²) in [6.45, 7) is 3.36. The molecule has 2 aliphatic heterocycles. The highest BCUT2D eigenvalue weighted by Crippen LogP contribution is 2.23. The van der Waals surface area contributed by atoms with Gasteiger partial charge in [0.25, 0.3) is 0 Å². The molecule has 2 fully saturated rings. The Labute approximate surface area is 190 Å². The summed E-state index contributed by atoms with van der Waals surface area (Å²) < 4.78 is 27.6. The summed E-state index contributed by atoms with van der Waals surface area (Å²) in [5.74, 6) is -0.181. The second-order valence-corrected chi connectivity index (χ2v) is 10.4. The standard InChI is InChI=1S/C24H32N4O3S/c29-24(26-20-10-12-22(13-11-20)27-14-5-6-15-27)19-25-21-8-7-9-23(18-21)32(30,31)28-16-3-1-2-4-17-28/h7-13,18,25H,1-6,14-17,19H2,(H,26,29). The Balaban J connectivity index is 1.33. The summed E-state index contributed by atoms with van der Waals surface area (Å²) in [7, 11) is -3.52. The summed E-state index contributed by atoms with van der Waals surface area (Å²) in [6, 6.07) is 14.6. The second kappa shape index (κ2) is 10.4. The molecule has 2 N–H and O–H groups in total. The van der Waals surface area contributed by atoms with Gasteiger partial charge in [0.15, 0.2) is 0 Å². The lowest BCUT2D eigenvalue weighted by molar-refractivity contribution is -0.114. The van der Waals surface area contributed by atoms with Crippen molar-refractivity contribution >= 4 is 33.0 Å². The van der Waals surface area contributed by atoms with Crippen LogP contribution in [0.15, 0.2) is 53.4 Å². The zero-order valence-corrected chi connectivity index (χ0v) is 19.2. The van der Waals surface area contributed by atoms with Crippen LogP contribution in [0, 0.1) is 0 Å². The number of hydrogen-bond acceptors (Lipinski definition) is 5. The quantitative estimate of drug-likeness (QED) is 0.660. The summed E-state index contributed by atoms with van der Waals surface area (Å²) in [5, 5.41) is 5.93. The number of carbonyl (C=O) groups is 1. The van der Waals surface area contributed by atoms with Crippen LogP contribution in [-0.2, 0) is 14.8 Å². The molecular formula is C24H32N4O3S. The van der Waals surface area contributed by atoms with E-state index in [2.05, 4.69) is 15.5 Å². The van der Waals surface area contributed by atoms with Crippen LogP contribution in [-0.4, -0.2) is 51.4 Å². The molecule has 2 heterocycles. The molecule has 2 aromatic carbocycles. The lowest BCUT2D eigenvalue weighted by atomic mass is 10.2. The van der Waals surface area contributed by atoms with Gasteiger partial charge < -0.3 is 15.5 Å².